The fourth-order valence-corrected chi connectivity index (χ4v) is 6.40. The number of aryl methyl sites for hydroxylation is 1. The van der Waals surface area contributed by atoms with Crippen molar-refractivity contribution in [3.63, 3.8) is 0 Å². The van der Waals surface area contributed by atoms with Crippen LogP contribution in [-0.2, 0) is 22.3 Å². The van der Waals surface area contributed by atoms with Crippen LogP contribution in [0.5, 0.6) is 0 Å². The Morgan fingerprint density at radius 2 is 1.92 bits per heavy atom. The molecule has 1 aliphatic rings. The van der Waals surface area contributed by atoms with Crippen LogP contribution in [0.2, 0.25) is 0 Å². The quantitative estimate of drug-likeness (QED) is 0.362. The molecule has 1 aliphatic heterocycles. The molecule has 0 spiro atoms. The van der Waals surface area contributed by atoms with E-state index in [1.165, 1.54) is 10.5 Å². The molecule has 2 aromatic heterocycles. The van der Waals surface area contributed by atoms with Crippen molar-refractivity contribution in [1.82, 2.24) is 20.0 Å². The zero-order chi connectivity index (χ0) is 26.0. The van der Waals surface area contributed by atoms with Crippen LogP contribution < -0.4 is 5.32 Å². The highest BCUT2D eigenvalue weighted by molar-refractivity contribution is 7.10. The van der Waals surface area contributed by atoms with Gasteiger partial charge in [-0.25, -0.2) is 0 Å². The summed E-state index contributed by atoms with van der Waals surface area (Å²) in [6, 6.07) is 23.9. The van der Waals surface area contributed by atoms with E-state index < -0.39 is 11.1 Å². The minimum absolute atomic E-state index is 0.0553. The maximum absolute atomic E-state index is 14.2. The smallest absolute Gasteiger partial charge is 0.259 e. The molecule has 0 saturated carbocycles. The molecule has 7 nitrogen and oxygen atoms in total. The summed E-state index contributed by atoms with van der Waals surface area (Å²) in [6.45, 7) is 2.00. The normalized spacial score (nSPS) is 21.5. The zero-order valence-corrected chi connectivity index (χ0v) is 21.6. The van der Waals surface area contributed by atoms with Gasteiger partial charge in [-0.15, -0.1) is 11.3 Å². The molecule has 1 unspecified atom stereocenters. The largest absolute Gasteiger partial charge is 0.343 e. The molecule has 5 rings (SSSR count). The van der Waals surface area contributed by atoms with Crippen molar-refractivity contribution in [2.45, 2.75) is 37.3 Å². The average molecular weight is 509 g/mol. The third-order valence-corrected chi connectivity index (χ3v) is 8.50. The predicted molar refractivity (Wildman–Crippen MR) is 145 cm³/mol. The topological polar surface area (TPSA) is 97.8 Å². The number of aromatic nitrogens is 2. The van der Waals surface area contributed by atoms with Crippen molar-refractivity contribution in [3.8, 4) is 17.2 Å². The van der Waals surface area contributed by atoms with Crippen LogP contribution in [0, 0.1) is 16.7 Å². The van der Waals surface area contributed by atoms with Crippen molar-refractivity contribution in [3.05, 3.63) is 101 Å². The van der Waals surface area contributed by atoms with Crippen LogP contribution in [0.3, 0.4) is 0 Å². The van der Waals surface area contributed by atoms with E-state index in [2.05, 4.69) is 34.7 Å². The van der Waals surface area contributed by atoms with Gasteiger partial charge in [-0.1, -0.05) is 42.5 Å². The predicted octanol–water partition coefficient (Wildman–Crippen LogP) is 5.11. The lowest BCUT2D eigenvalue weighted by molar-refractivity contribution is -0.145. The maximum atomic E-state index is 14.2. The SMILES string of the molecule is CN1C(=N)N[C@](C)(c2cc(-c3cccc(C#N)c3)cs2)C(CCCc2ccccc2)(n2cccn2)C1=O. The Morgan fingerprint density at radius 3 is 2.65 bits per heavy atom. The van der Waals surface area contributed by atoms with Crippen LogP contribution in [0.15, 0.2) is 84.5 Å². The van der Waals surface area contributed by atoms with E-state index in [9.17, 15) is 10.1 Å². The number of carbonyl (C=O) groups is 1. The molecule has 3 heterocycles. The first-order valence-corrected chi connectivity index (χ1v) is 13.1. The van der Waals surface area contributed by atoms with E-state index in [1.54, 1.807) is 35.3 Å². The summed E-state index contributed by atoms with van der Waals surface area (Å²) < 4.78 is 1.77. The van der Waals surface area contributed by atoms with Crippen LogP contribution >= 0.6 is 11.3 Å². The number of rotatable bonds is 7. The summed E-state index contributed by atoms with van der Waals surface area (Å²) in [5.74, 6) is -0.114. The Kier molecular flexibility index (Phi) is 6.40. The van der Waals surface area contributed by atoms with Crippen LogP contribution in [-0.4, -0.2) is 33.6 Å². The molecule has 8 heteroatoms. The van der Waals surface area contributed by atoms with Crippen LogP contribution in [0.4, 0.5) is 0 Å². The molecule has 37 heavy (non-hydrogen) atoms. The summed E-state index contributed by atoms with van der Waals surface area (Å²) in [4.78, 5) is 16.5. The van der Waals surface area contributed by atoms with Gasteiger partial charge in [0.25, 0.3) is 5.91 Å². The van der Waals surface area contributed by atoms with Gasteiger partial charge in [0, 0.05) is 24.3 Å². The minimum atomic E-state index is -1.10. The molecule has 0 radical (unpaired) electrons. The van der Waals surface area contributed by atoms with Gasteiger partial charge in [-0.3, -0.25) is 19.8 Å². The fraction of sp³-hybridized carbons (Fsp3) is 0.241. The molecule has 2 aromatic carbocycles. The van der Waals surface area contributed by atoms with E-state index in [4.69, 9.17) is 5.41 Å². The lowest BCUT2D eigenvalue weighted by Crippen LogP contribution is -2.73. The van der Waals surface area contributed by atoms with Crippen molar-refractivity contribution < 1.29 is 4.79 Å². The van der Waals surface area contributed by atoms with Gasteiger partial charge in [-0.2, -0.15) is 10.4 Å². The van der Waals surface area contributed by atoms with Crippen molar-refractivity contribution >= 4 is 23.2 Å². The third kappa shape index (κ3) is 4.11. The number of guanidine groups is 1. The number of thiophene rings is 1. The summed E-state index contributed by atoms with van der Waals surface area (Å²) in [6.07, 6.45) is 5.65. The van der Waals surface area contributed by atoms with E-state index >= 15 is 0 Å². The molecule has 4 aromatic rings. The highest BCUT2D eigenvalue weighted by atomic mass is 32.1. The number of carbonyl (C=O) groups excluding carboxylic acids is 1. The Morgan fingerprint density at radius 1 is 1.11 bits per heavy atom. The Bertz CT molecular complexity index is 1470. The Hall–Kier alpha value is -4.22. The molecule has 0 aliphatic carbocycles. The lowest BCUT2D eigenvalue weighted by Gasteiger charge is -2.53. The average Bonchev–Trinajstić information content (AvgIpc) is 3.64. The number of nitrogens with one attached hydrogen (secondary N) is 2. The van der Waals surface area contributed by atoms with E-state index in [-0.39, 0.29) is 11.9 Å². The molecule has 186 valence electrons. The Labute approximate surface area is 220 Å². The summed E-state index contributed by atoms with van der Waals surface area (Å²) in [5, 5.41) is 28.0. The number of nitrogens with zero attached hydrogens (tertiary/aromatic N) is 4. The first-order chi connectivity index (χ1) is 17.9. The highest BCUT2D eigenvalue weighted by Crippen LogP contribution is 2.48. The molecule has 1 amide bonds. The van der Waals surface area contributed by atoms with Gasteiger partial charge < -0.3 is 5.32 Å². The van der Waals surface area contributed by atoms with Gasteiger partial charge in [0.2, 0.25) is 0 Å². The van der Waals surface area contributed by atoms with Crippen molar-refractivity contribution in [2.75, 3.05) is 7.05 Å². The first kappa shape index (κ1) is 24.5. The first-order valence-electron chi connectivity index (χ1n) is 12.2. The molecule has 1 fully saturated rings. The van der Waals surface area contributed by atoms with E-state index in [0.717, 1.165) is 28.8 Å². The number of nitriles is 1. The third-order valence-electron chi connectivity index (χ3n) is 7.35. The van der Waals surface area contributed by atoms with Gasteiger partial charge in [-0.05, 0) is 72.5 Å². The molecular formula is C29H28N6OS. The number of hydrogen-bond acceptors (Lipinski definition) is 5. The minimum Gasteiger partial charge on any atom is -0.343 e. The second-order valence-corrected chi connectivity index (χ2v) is 10.4. The molecular weight excluding hydrogens is 480 g/mol. The standard InChI is InChI=1S/C29H28N6OS/c1-28(25-18-24(20-37-25)23-13-6-11-22(17-23)19-30)29(35-16-8-15-32-35,26(36)34(2)27(31)33-28)14-7-12-21-9-4-3-5-10-21/h3-6,8-11,13,15-18,20H,7,12,14H2,1-2H3,(H2,31,33)/t28-,29?/m1/s1. The number of hydrogen-bond donors (Lipinski definition) is 2. The number of amides is 1. The highest BCUT2D eigenvalue weighted by Gasteiger charge is 2.62. The second-order valence-electron chi connectivity index (χ2n) is 9.51. The lowest BCUT2D eigenvalue weighted by atomic mass is 9.70. The second kappa shape index (κ2) is 9.68. The van der Waals surface area contributed by atoms with E-state index in [1.807, 2.05) is 61.0 Å². The van der Waals surface area contributed by atoms with E-state index in [0.29, 0.717) is 12.0 Å². The summed E-state index contributed by atoms with van der Waals surface area (Å²) >= 11 is 1.54. The molecule has 2 N–H and O–H groups in total. The zero-order valence-electron chi connectivity index (χ0n) is 20.8. The number of likely N-dealkylation sites (N-methyl/N-ethyl adjacent to an activating group) is 1. The van der Waals surface area contributed by atoms with Crippen molar-refractivity contribution in [2.24, 2.45) is 0 Å². The Balaban J connectivity index is 1.60. The number of benzene rings is 2. The van der Waals surface area contributed by atoms with Crippen molar-refractivity contribution in [1.29, 1.82) is 10.7 Å². The van der Waals surface area contributed by atoms with Gasteiger partial charge in [0.15, 0.2) is 11.5 Å². The molecule has 0 bridgehead atoms. The fourth-order valence-electron chi connectivity index (χ4n) is 5.29. The maximum Gasteiger partial charge on any atom is 0.259 e. The summed E-state index contributed by atoms with van der Waals surface area (Å²) in [5.41, 5.74) is 1.68. The summed E-state index contributed by atoms with van der Waals surface area (Å²) in [7, 11) is 1.64. The monoisotopic (exact) mass is 508 g/mol. The van der Waals surface area contributed by atoms with Crippen LogP contribution in [0.1, 0.15) is 35.8 Å². The van der Waals surface area contributed by atoms with Gasteiger partial charge >= 0.3 is 0 Å². The van der Waals surface area contributed by atoms with Crippen LogP contribution in [0.25, 0.3) is 11.1 Å². The molecule has 1 saturated heterocycles. The van der Waals surface area contributed by atoms with Gasteiger partial charge in [0.05, 0.1) is 11.6 Å². The van der Waals surface area contributed by atoms with Gasteiger partial charge in [0.1, 0.15) is 5.54 Å². The molecule has 2 atom stereocenters.